The molecule has 0 saturated heterocycles. The first kappa shape index (κ1) is 14.5. The van der Waals surface area contributed by atoms with E-state index in [0.717, 1.165) is 11.3 Å². The van der Waals surface area contributed by atoms with Gasteiger partial charge in [0.25, 0.3) is 0 Å². The number of thiocarbonyl (C=S) groups is 1. The summed E-state index contributed by atoms with van der Waals surface area (Å²) in [5.41, 5.74) is 1.86. The molecule has 1 N–H and O–H groups in total. The molecule has 20 heavy (non-hydrogen) atoms. The van der Waals surface area contributed by atoms with Gasteiger partial charge in [0.1, 0.15) is 0 Å². The minimum Gasteiger partial charge on any atom is -0.331 e. The van der Waals surface area contributed by atoms with Gasteiger partial charge in [-0.15, -0.1) is 0 Å². The summed E-state index contributed by atoms with van der Waals surface area (Å²) in [4.78, 5) is 0. The third-order valence-corrected chi connectivity index (χ3v) is 3.15. The maximum Gasteiger partial charge on any atom is 0.193 e. The lowest BCUT2D eigenvalue weighted by Gasteiger charge is -2.15. The molecule has 2 rings (SSSR count). The molecule has 0 saturated carbocycles. The second kappa shape index (κ2) is 7.03. The molecule has 0 aromatic heterocycles. The highest BCUT2D eigenvalue weighted by Gasteiger charge is 2.02. The number of nitrogens with zero attached hydrogens (tertiary/aromatic N) is 2. The number of benzene rings is 2. The van der Waals surface area contributed by atoms with Gasteiger partial charge in [-0.25, -0.2) is 5.01 Å². The minimum atomic E-state index is 0.499. The lowest BCUT2D eigenvalue weighted by Crippen LogP contribution is -2.26. The summed E-state index contributed by atoms with van der Waals surface area (Å²) in [5.74, 6) is 0. The van der Waals surface area contributed by atoms with Crippen molar-refractivity contribution >= 4 is 40.8 Å². The average Bonchev–Trinajstić information content (AvgIpc) is 2.46. The molecule has 0 atom stereocenters. The topological polar surface area (TPSA) is 27.6 Å². The van der Waals surface area contributed by atoms with Crippen molar-refractivity contribution in [2.75, 3.05) is 12.4 Å². The fraction of sp³-hybridized carbons (Fsp3) is 0.0667. The summed E-state index contributed by atoms with van der Waals surface area (Å²) < 4.78 is 0. The first-order valence-corrected chi connectivity index (χ1v) is 6.83. The number of anilines is 1. The van der Waals surface area contributed by atoms with Crippen molar-refractivity contribution in [3.63, 3.8) is 0 Å². The summed E-state index contributed by atoms with van der Waals surface area (Å²) in [6.07, 6.45) is 1.76. The van der Waals surface area contributed by atoms with Crippen molar-refractivity contribution in [2.45, 2.75) is 0 Å². The predicted octanol–water partition coefficient (Wildman–Crippen LogP) is 4.00. The largest absolute Gasteiger partial charge is 0.331 e. The van der Waals surface area contributed by atoms with Crippen LogP contribution in [0, 0.1) is 0 Å². The first-order chi connectivity index (χ1) is 9.65. The number of hydrogen-bond donors (Lipinski definition) is 1. The molecule has 0 heterocycles. The Hall–Kier alpha value is -1.91. The average molecular weight is 304 g/mol. The van der Waals surface area contributed by atoms with Crippen LogP contribution < -0.4 is 5.32 Å². The van der Waals surface area contributed by atoms with Gasteiger partial charge >= 0.3 is 0 Å². The van der Waals surface area contributed by atoms with Gasteiger partial charge in [0, 0.05) is 17.8 Å². The van der Waals surface area contributed by atoms with Crippen molar-refractivity contribution in [3.05, 3.63) is 65.2 Å². The van der Waals surface area contributed by atoms with Crippen molar-refractivity contribution in [1.29, 1.82) is 0 Å². The van der Waals surface area contributed by atoms with Crippen LogP contribution in [-0.4, -0.2) is 23.4 Å². The lowest BCUT2D eigenvalue weighted by atomic mass is 10.2. The van der Waals surface area contributed by atoms with Gasteiger partial charge < -0.3 is 5.32 Å². The molecule has 0 aliphatic carbocycles. The van der Waals surface area contributed by atoms with Crippen LogP contribution >= 0.6 is 23.8 Å². The Bertz CT molecular complexity index is 614. The van der Waals surface area contributed by atoms with Gasteiger partial charge in [0.15, 0.2) is 5.11 Å². The zero-order valence-corrected chi connectivity index (χ0v) is 12.5. The highest BCUT2D eigenvalue weighted by molar-refractivity contribution is 7.80. The summed E-state index contributed by atoms with van der Waals surface area (Å²) in [5, 5.41) is 10.1. The molecule has 0 bridgehead atoms. The fourth-order valence-corrected chi connectivity index (χ4v) is 1.87. The van der Waals surface area contributed by atoms with Gasteiger partial charge in [-0.3, -0.25) is 0 Å². The number of rotatable bonds is 3. The molecule has 3 nitrogen and oxygen atoms in total. The van der Waals surface area contributed by atoms with Gasteiger partial charge in [0.05, 0.1) is 6.21 Å². The second-order valence-corrected chi connectivity index (χ2v) is 4.94. The quantitative estimate of drug-likeness (QED) is 0.527. The summed E-state index contributed by atoms with van der Waals surface area (Å²) >= 11 is 11.2. The Labute approximate surface area is 128 Å². The van der Waals surface area contributed by atoms with Crippen LogP contribution in [0.5, 0.6) is 0 Å². The van der Waals surface area contributed by atoms with E-state index in [9.17, 15) is 0 Å². The Morgan fingerprint density at radius 1 is 1.20 bits per heavy atom. The van der Waals surface area contributed by atoms with E-state index in [0.29, 0.717) is 10.1 Å². The van der Waals surface area contributed by atoms with E-state index in [1.807, 2.05) is 54.6 Å². The molecule has 0 fully saturated rings. The maximum atomic E-state index is 5.92. The van der Waals surface area contributed by atoms with Crippen molar-refractivity contribution in [1.82, 2.24) is 5.01 Å². The van der Waals surface area contributed by atoms with Crippen molar-refractivity contribution in [3.8, 4) is 0 Å². The molecule has 0 aliphatic heterocycles. The fourth-order valence-electron chi connectivity index (χ4n) is 1.52. The number of halogens is 1. The van der Waals surface area contributed by atoms with Gasteiger partial charge in [0.2, 0.25) is 0 Å². The zero-order valence-electron chi connectivity index (χ0n) is 11.0. The molecular formula is C15H14ClN3S. The highest BCUT2D eigenvalue weighted by atomic mass is 35.5. The van der Waals surface area contributed by atoms with Crippen LogP contribution in [0.1, 0.15) is 5.56 Å². The Kier molecular flexibility index (Phi) is 5.09. The Morgan fingerprint density at radius 3 is 2.65 bits per heavy atom. The van der Waals surface area contributed by atoms with Crippen LogP contribution in [0.15, 0.2) is 59.7 Å². The third-order valence-electron chi connectivity index (χ3n) is 2.55. The third kappa shape index (κ3) is 4.33. The molecular weight excluding hydrogens is 290 g/mol. The smallest absolute Gasteiger partial charge is 0.193 e. The predicted molar refractivity (Wildman–Crippen MR) is 89.5 cm³/mol. The van der Waals surface area contributed by atoms with Crippen LogP contribution in [0.3, 0.4) is 0 Å². The summed E-state index contributed by atoms with van der Waals surface area (Å²) in [6.45, 7) is 0. The summed E-state index contributed by atoms with van der Waals surface area (Å²) in [7, 11) is 1.79. The van der Waals surface area contributed by atoms with E-state index in [1.165, 1.54) is 0 Å². The number of nitrogens with one attached hydrogen (secondary N) is 1. The van der Waals surface area contributed by atoms with Crippen LogP contribution in [-0.2, 0) is 0 Å². The van der Waals surface area contributed by atoms with E-state index in [4.69, 9.17) is 23.8 Å². The monoisotopic (exact) mass is 303 g/mol. The molecule has 0 amide bonds. The minimum absolute atomic E-state index is 0.499. The lowest BCUT2D eigenvalue weighted by molar-refractivity contribution is 0.557. The Balaban J connectivity index is 1.97. The molecule has 0 radical (unpaired) electrons. The molecule has 2 aromatic carbocycles. The number of hydrazone groups is 1. The molecule has 0 spiro atoms. The summed E-state index contributed by atoms with van der Waals surface area (Å²) in [6, 6.07) is 17.2. The molecule has 5 heteroatoms. The van der Waals surface area contributed by atoms with Crippen LogP contribution in [0.4, 0.5) is 5.69 Å². The second-order valence-electron chi connectivity index (χ2n) is 4.12. The van der Waals surface area contributed by atoms with E-state index in [1.54, 1.807) is 18.3 Å². The molecule has 0 unspecified atom stereocenters. The SMILES string of the molecule is CN(/N=C/c1ccccc1)C(=S)Nc1cccc(Cl)c1. The standard InChI is InChI=1S/C15H14ClN3S/c1-19(17-11-12-6-3-2-4-7-12)15(20)18-14-9-5-8-13(16)10-14/h2-11H,1H3,(H,18,20)/b17-11+. The van der Waals surface area contributed by atoms with Gasteiger partial charge in [-0.2, -0.15) is 5.10 Å². The maximum absolute atomic E-state index is 5.92. The van der Waals surface area contributed by atoms with E-state index >= 15 is 0 Å². The van der Waals surface area contributed by atoms with E-state index < -0.39 is 0 Å². The molecule has 2 aromatic rings. The van der Waals surface area contributed by atoms with Gasteiger partial charge in [-0.05, 0) is 36.0 Å². The van der Waals surface area contributed by atoms with E-state index in [2.05, 4.69) is 10.4 Å². The zero-order chi connectivity index (χ0) is 14.4. The normalized spacial score (nSPS) is 10.5. The van der Waals surface area contributed by atoms with Gasteiger partial charge in [-0.1, -0.05) is 48.0 Å². The van der Waals surface area contributed by atoms with Crippen molar-refractivity contribution < 1.29 is 0 Å². The van der Waals surface area contributed by atoms with Crippen LogP contribution in [0.25, 0.3) is 0 Å². The molecule has 102 valence electrons. The van der Waals surface area contributed by atoms with Crippen molar-refractivity contribution in [2.24, 2.45) is 5.10 Å². The molecule has 0 aliphatic rings. The highest BCUT2D eigenvalue weighted by Crippen LogP contribution is 2.15. The Morgan fingerprint density at radius 2 is 1.95 bits per heavy atom. The first-order valence-electron chi connectivity index (χ1n) is 6.04. The van der Waals surface area contributed by atoms with Crippen LogP contribution in [0.2, 0.25) is 5.02 Å². The van der Waals surface area contributed by atoms with E-state index in [-0.39, 0.29) is 0 Å². The number of hydrogen-bond acceptors (Lipinski definition) is 2.